The number of methoxy groups -OCH3 is 1. The van der Waals surface area contributed by atoms with Crippen molar-refractivity contribution < 1.29 is 4.74 Å². The summed E-state index contributed by atoms with van der Waals surface area (Å²) in [5.74, 6) is 0.533. The maximum Gasteiger partial charge on any atom is 0.237 e. The van der Waals surface area contributed by atoms with Crippen LogP contribution in [0.25, 0.3) is 0 Å². The Labute approximate surface area is 95.0 Å². The SMILES string of the molecule is COc1ncccc1NC(=S)NC(C)C. The van der Waals surface area contributed by atoms with Gasteiger partial charge in [0, 0.05) is 12.2 Å². The van der Waals surface area contributed by atoms with Crippen molar-refractivity contribution in [2.24, 2.45) is 0 Å². The average Bonchev–Trinajstić information content (AvgIpc) is 2.17. The molecular formula is C10H15N3OS. The molecule has 1 aromatic heterocycles. The molecule has 82 valence electrons. The first-order valence-corrected chi connectivity index (χ1v) is 5.11. The van der Waals surface area contributed by atoms with Crippen LogP contribution in [-0.4, -0.2) is 23.2 Å². The van der Waals surface area contributed by atoms with Crippen LogP contribution in [0, 0.1) is 0 Å². The van der Waals surface area contributed by atoms with E-state index in [1.54, 1.807) is 13.3 Å². The molecule has 0 amide bonds. The maximum absolute atomic E-state index is 5.11. The van der Waals surface area contributed by atoms with Crippen molar-refractivity contribution in [1.29, 1.82) is 0 Å². The number of thiocarbonyl (C=S) groups is 1. The molecule has 2 N–H and O–H groups in total. The Hall–Kier alpha value is -1.36. The summed E-state index contributed by atoms with van der Waals surface area (Å²) in [5, 5.41) is 6.67. The molecule has 0 saturated heterocycles. The number of nitrogens with zero attached hydrogens (tertiary/aromatic N) is 1. The minimum absolute atomic E-state index is 0.299. The van der Waals surface area contributed by atoms with Gasteiger partial charge in [0.25, 0.3) is 0 Å². The van der Waals surface area contributed by atoms with E-state index in [0.29, 0.717) is 17.0 Å². The van der Waals surface area contributed by atoms with Gasteiger partial charge in [-0.3, -0.25) is 0 Å². The third-order valence-corrected chi connectivity index (χ3v) is 1.85. The molecule has 0 aromatic carbocycles. The molecule has 0 bridgehead atoms. The molecule has 0 saturated carbocycles. The van der Waals surface area contributed by atoms with E-state index in [1.165, 1.54) is 0 Å². The van der Waals surface area contributed by atoms with Crippen molar-refractivity contribution in [2.75, 3.05) is 12.4 Å². The minimum atomic E-state index is 0.299. The zero-order valence-corrected chi connectivity index (χ0v) is 9.89. The summed E-state index contributed by atoms with van der Waals surface area (Å²) in [7, 11) is 1.58. The van der Waals surface area contributed by atoms with Crippen LogP contribution in [0.5, 0.6) is 5.88 Å². The van der Waals surface area contributed by atoms with E-state index in [4.69, 9.17) is 17.0 Å². The summed E-state index contributed by atoms with van der Waals surface area (Å²) >= 11 is 5.11. The lowest BCUT2D eigenvalue weighted by Gasteiger charge is -2.14. The third kappa shape index (κ3) is 3.71. The fraction of sp³-hybridized carbons (Fsp3) is 0.400. The van der Waals surface area contributed by atoms with Crippen LogP contribution in [0.1, 0.15) is 13.8 Å². The quantitative estimate of drug-likeness (QED) is 0.768. The number of ether oxygens (including phenoxy) is 1. The fourth-order valence-corrected chi connectivity index (χ4v) is 1.41. The van der Waals surface area contributed by atoms with Gasteiger partial charge in [0.1, 0.15) is 5.69 Å². The van der Waals surface area contributed by atoms with Crippen molar-refractivity contribution in [3.05, 3.63) is 18.3 Å². The van der Waals surface area contributed by atoms with Gasteiger partial charge < -0.3 is 15.4 Å². The van der Waals surface area contributed by atoms with Crippen LogP contribution in [-0.2, 0) is 0 Å². The van der Waals surface area contributed by atoms with Crippen molar-refractivity contribution >= 4 is 23.0 Å². The third-order valence-electron chi connectivity index (χ3n) is 1.63. The average molecular weight is 225 g/mol. The lowest BCUT2D eigenvalue weighted by molar-refractivity contribution is 0.400. The minimum Gasteiger partial charge on any atom is -0.480 e. The van der Waals surface area contributed by atoms with Gasteiger partial charge in [0.05, 0.1) is 7.11 Å². The van der Waals surface area contributed by atoms with Crippen molar-refractivity contribution in [3.8, 4) is 5.88 Å². The Bertz CT molecular complexity index is 341. The van der Waals surface area contributed by atoms with E-state index in [1.807, 2.05) is 26.0 Å². The summed E-state index contributed by atoms with van der Waals surface area (Å²) in [5.41, 5.74) is 0.762. The molecule has 0 radical (unpaired) electrons. The number of aromatic nitrogens is 1. The van der Waals surface area contributed by atoms with Crippen molar-refractivity contribution in [3.63, 3.8) is 0 Å². The highest BCUT2D eigenvalue weighted by Gasteiger charge is 2.05. The number of anilines is 1. The molecule has 0 aliphatic rings. The fourth-order valence-electron chi connectivity index (χ4n) is 1.07. The molecule has 0 fully saturated rings. The van der Waals surface area contributed by atoms with Gasteiger partial charge in [-0.1, -0.05) is 0 Å². The van der Waals surface area contributed by atoms with Gasteiger partial charge in [0.2, 0.25) is 5.88 Å². The summed E-state index contributed by atoms with van der Waals surface area (Å²) in [4.78, 5) is 4.06. The summed E-state index contributed by atoms with van der Waals surface area (Å²) in [6.07, 6.45) is 1.67. The number of hydrogen-bond acceptors (Lipinski definition) is 3. The first-order chi connectivity index (χ1) is 7.13. The Morgan fingerprint density at radius 1 is 1.53 bits per heavy atom. The van der Waals surface area contributed by atoms with Gasteiger partial charge in [-0.15, -0.1) is 0 Å². The molecular weight excluding hydrogens is 210 g/mol. The lowest BCUT2D eigenvalue weighted by atomic mass is 10.4. The van der Waals surface area contributed by atoms with Crippen molar-refractivity contribution in [1.82, 2.24) is 10.3 Å². The predicted octanol–water partition coefficient (Wildman–Crippen LogP) is 1.78. The van der Waals surface area contributed by atoms with Gasteiger partial charge in [0.15, 0.2) is 5.11 Å². The first-order valence-electron chi connectivity index (χ1n) is 4.70. The number of pyridine rings is 1. The van der Waals surface area contributed by atoms with E-state index in [-0.39, 0.29) is 0 Å². The number of rotatable bonds is 3. The van der Waals surface area contributed by atoms with Crippen LogP contribution in [0.2, 0.25) is 0 Å². The lowest BCUT2D eigenvalue weighted by Crippen LogP contribution is -2.34. The second-order valence-corrected chi connectivity index (χ2v) is 3.72. The largest absolute Gasteiger partial charge is 0.480 e. The summed E-state index contributed by atoms with van der Waals surface area (Å²) in [6.45, 7) is 4.04. The molecule has 5 heteroatoms. The van der Waals surface area contributed by atoms with Crippen LogP contribution in [0.15, 0.2) is 18.3 Å². The molecule has 1 rings (SSSR count). The maximum atomic E-state index is 5.11. The highest BCUT2D eigenvalue weighted by molar-refractivity contribution is 7.80. The van der Waals surface area contributed by atoms with Gasteiger partial charge in [-0.25, -0.2) is 4.98 Å². The normalized spacial score (nSPS) is 9.87. The Morgan fingerprint density at radius 3 is 2.87 bits per heavy atom. The standard InChI is InChI=1S/C10H15N3OS/c1-7(2)12-10(15)13-8-5-4-6-11-9(8)14-3/h4-7H,1-3H3,(H2,12,13,15). The topological polar surface area (TPSA) is 46.2 Å². The zero-order valence-electron chi connectivity index (χ0n) is 9.07. The highest BCUT2D eigenvalue weighted by Crippen LogP contribution is 2.19. The second kappa shape index (κ2) is 5.50. The Morgan fingerprint density at radius 2 is 2.27 bits per heavy atom. The molecule has 0 unspecified atom stereocenters. The zero-order chi connectivity index (χ0) is 11.3. The first kappa shape index (κ1) is 11.7. The molecule has 0 spiro atoms. The van der Waals surface area contributed by atoms with E-state index in [2.05, 4.69) is 15.6 Å². The van der Waals surface area contributed by atoms with Crippen LogP contribution in [0.3, 0.4) is 0 Å². The predicted molar refractivity (Wildman–Crippen MR) is 65.3 cm³/mol. The molecule has 0 aliphatic heterocycles. The van der Waals surface area contributed by atoms with Crippen LogP contribution in [0.4, 0.5) is 5.69 Å². The monoisotopic (exact) mass is 225 g/mol. The molecule has 15 heavy (non-hydrogen) atoms. The Kier molecular flexibility index (Phi) is 4.30. The van der Waals surface area contributed by atoms with Gasteiger partial charge >= 0.3 is 0 Å². The molecule has 0 atom stereocenters. The molecule has 0 aliphatic carbocycles. The van der Waals surface area contributed by atoms with E-state index in [9.17, 15) is 0 Å². The highest BCUT2D eigenvalue weighted by atomic mass is 32.1. The number of hydrogen-bond donors (Lipinski definition) is 2. The molecule has 4 nitrogen and oxygen atoms in total. The Balaban J connectivity index is 2.67. The summed E-state index contributed by atoms with van der Waals surface area (Å²) < 4.78 is 5.09. The molecule has 1 aromatic rings. The van der Waals surface area contributed by atoms with Crippen LogP contribution < -0.4 is 15.4 Å². The van der Waals surface area contributed by atoms with E-state index < -0.39 is 0 Å². The van der Waals surface area contributed by atoms with Gasteiger partial charge in [-0.05, 0) is 38.2 Å². The van der Waals surface area contributed by atoms with Crippen molar-refractivity contribution in [2.45, 2.75) is 19.9 Å². The van der Waals surface area contributed by atoms with E-state index >= 15 is 0 Å². The second-order valence-electron chi connectivity index (χ2n) is 3.31. The molecule has 1 heterocycles. The smallest absolute Gasteiger partial charge is 0.237 e. The summed E-state index contributed by atoms with van der Waals surface area (Å²) in [6, 6.07) is 3.98. The number of nitrogens with one attached hydrogen (secondary N) is 2. The van der Waals surface area contributed by atoms with Crippen LogP contribution >= 0.6 is 12.2 Å². The van der Waals surface area contributed by atoms with E-state index in [0.717, 1.165) is 5.69 Å². The van der Waals surface area contributed by atoms with Gasteiger partial charge in [-0.2, -0.15) is 0 Å².